The minimum absolute atomic E-state index is 0.382. The van der Waals surface area contributed by atoms with Crippen molar-refractivity contribution < 1.29 is 19.1 Å². The molecule has 0 aromatic heterocycles. The maximum Gasteiger partial charge on any atom is 0.413 e. The van der Waals surface area contributed by atoms with Crippen LogP contribution in [0.2, 0.25) is 0 Å². The van der Waals surface area contributed by atoms with Gasteiger partial charge in [0.2, 0.25) is 0 Å². The van der Waals surface area contributed by atoms with E-state index in [0.29, 0.717) is 16.6 Å². The van der Waals surface area contributed by atoms with Crippen LogP contribution in [-0.4, -0.2) is 33.3 Å². The first kappa shape index (κ1) is 14.5. The van der Waals surface area contributed by atoms with E-state index in [0.717, 1.165) is 5.56 Å². The Morgan fingerprint density at radius 3 is 2.44 bits per heavy atom. The van der Waals surface area contributed by atoms with Gasteiger partial charge in [0, 0.05) is 12.4 Å². The molecule has 98 valence electrons. The van der Waals surface area contributed by atoms with Crippen LogP contribution >= 0.6 is 15.9 Å². The Morgan fingerprint density at radius 1 is 1.28 bits per heavy atom. The second-order valence-corrected chi connectivity index (χ2v) is 4.06. The molecule has 0 aliphatic heterocycles. The summed E-state index contributed by atoms with van der Waals surface area (Å²) in [5.41, 5.74) is 1.85. The minimum atomic E-state index is -0.501. The Labute approximate surface area is 114 Å². The summed E-state index contributed by atoms with van der Waals surface area (Å²) in [6.07, 6.45) is -0.501. The molecular weight excluding hydrogens is 302 g/mol. The lowest BCUT2D eigenvalue weighted by molar-refractivity contribution is 0.0600. The summed E-state index contributed by atoms with van der Waals surface area (Å²) in [5.74, 6) is -0.448. The second kappa shape index (κ2) is 6.39. The lowest BCUT2D eigenvalue weighted by Crippen LogP contribution is -2.27. The van der Waals surface area contributed by atoms with Crippen LogP contribution in [0.4, 0.5) is 10.5 Å². The van der Waals surface area contributed by atoms with Crippen LogP contribution in [0, 0.1) is 0 Å². The molecule has 1 amide bonds. The molecule has 0 aliphatic rings. The van der Waals surface area contributed by atoms with Gasteiger partial charge in [-0.2, -0.15) is 0 Å². The molecule has 0 atom stereocenters. The summed E-state index contributed by atoms with van der Waals surface area (Å²) in [6.45, 7) is 0. The van der Waals surface area contributed by atoms with Gasteiger partial charge in [0.05, 0.1) is 25.5 Å². The summed E-state index contributed by atoms with van der Waals surface area (Å²) in [5, 5.41) is 0.561. The van der Waals surface area contributed by atoms with Crippen LogP contribution in [0.25, 0.3) is 0 Å². The number of carbonyl (C=O) groups excluding carboxylic acids is 2. The van der Waals surface area contributed by atoms with E-state index in [2.05, 4.69) is 25.4 Å². The van der Waals surface area contributed by atoms with E-state index in [1.807, 2.05) is 0 Å². The van der Waals surface area contributed by atoms with Crippen LogP contribution < -0.4 is 4.90 Å². The molecule has 1 rings (SSSR count). The number of nitrogens with zero attached hydrogens (tertiary/aromatic N) is 1. The second-order valence-electron chi connectivity index (χ2n) is 3.50. The van der Waals surface area contributed by atoms with E-state index in [1.54, 1.807) is 25.2 Å². The Morgan fingerprint density at radius 2 is 1.94 bits per heavy atom. The largest absolute Gasteiger partial charge is 0.465 e. The van der Waals surface area contributed by atoms with Crippen LogP contribution in [0.1, 0.15) is 15.9 Å². The van der Waals surface area contributed by atoms with Gasteiger partial charge in [-0.25, -0.2) is 9.59 Å². The van der Waals surface area contributed by atoms with Crippen LogP contribution in [-0.2, 0) is 14.8 Å². The zero-order chi connectivity index (χ0) is 13.7. The molecule has 0 aliphatic carbocycles. The smallest absolute Gasteiger partial charge is 0.413 e. The highest BCUT2D eigenvalue weighted by Crippen LogP contribution is 2.24. The molecule has 18 heavy (non-hydrogen) atoms. The number of halogens is 1. The van der Waals surface area contributed by atoms with E-state index < -0.39 is 12.1 Å². The number of benzene rings is 1. The number of esters is 1. The van der Waals surface area contributed by atoms with Crippen molar-refractivity contribution >= 4 is 33.7 Å². The van der Waals surface area contributed by atoms with Crippen molar-refractivity contribution in [2.24, 2.45) is 0 Å². The molecule has 0 unspecified atom stereocenters. The van der Waals surface area contributed by atoms with Crippen molar-refractivity contribution in [1.29, 1.82) is 0 Å². The molecular formula is C12H14BrNO4. The third kappa shape index (κ3) is 3.01. The van der Waals surface area contributed by atoms with Crippen LogP contribution in [0.5, 0.6) is 0 Å². The fraction of sp³-hybridized carbons (Fsp3) is 0.333. The van der Waals surface area contributed by atoms with E-state index in [9.17, 15) is 9.59 Å². The van der Waals surface area contributed by atoms with Gasteiger partial charge in [0.1, 0.15) is 0 Å². The third-order valence-electron chi connectivity index (χ3n) is 2.46. The number of amides is 1. The summed E-state index contributed by atoms with van der Waals surface area (Å²) in [4.78, 5) is 24.3. The normalized spacial score (nSPS) is 9.78. The molecule has 0 bridgehead atoms. The molecule has 0 heterocycles. The van der Waals surface area contributed by atoms with Crippen LogP contribution in [0.15, 0.2) is 18.2 Å². The summed E-state index contributed by atoms with van der Waals surface area (Å²) in [6, 6.07) is 5.01. The molecule has 6 heteroatoms. The maximum atomic E-state index is 11.5. The summed E-state index contributed by atoms with van der Waals surface area (Å²) in [7, 11) is 4.19. The molecule has 0 radical (unpaired) electrons. The van der Waals surface area contributed by atoms with Gasteiger partial charge in [-0.3, -0.25) is 4.90 Å². The monoisotopic (exact) mass is 315 g/mol. The van der Waals surface area contributed by atoms with E-state index >= 15 is 0 Å². The fourth-order valence-corrected chi connectivity index (χ4v) is 1.94. The highest BCUT2D eigenvalue weighted by atomic mass is 79.9. The van der Waals surface area contributed by atoms with Crippen molar-refractivity contribution in [3.05, 3.63) is 29.3 Å². The number of ether oxygens (including phenoxy) is 2. The van der Waals surface area contributed by atoms with E-state index in [1.165, 1.54) is 19.1 Å². The van der Waals surface area contributed by atoms with Gasteiger partial charge in [0.25, 0.3) is 0 Å². The standard InChI is InChI=1S/C12H14BrNO4/c1-14(12(16)18-3)10-6-8(11(15)17-2)4-5-9(10)7-13/h4-6H,7H2,1-3H3. The Bertz CT molecular complexity index is 461. The van der Waals surface area contributed by atoms with Gasteiger partial charge < -0.3 is 9.47 Å². The van der Waals surface area contributed by atoms with Gasteiger partial charge in [-0.1, -0.05) is 22.0 Å². The number of hydrogen-bond donors (Lipinski definition) is 0. The Kier molecular flexibility index (Phi) is 5.15. The first-order valence-electron chi connectivity index (χ1n) is 5.14. The number of carbonyl (C=O) groups is 2. The molecule has 0 spiro atoms. The topological polar surface area (TPSA) is 55.8 Å². The number of alkyl halides is 1. The van der Waals surface area contributed by atoms with E-state index in [4.69, 9.17) is 0 Å². The highest BCUT2D eigenvalue weighted by molar-refractivity contribution is 9.08. The lowest BCUT2D eigenvalue weighted by Gasteiger charge is -2.19. The van der Waals surface area contributed by atoms with Gasteiger partial charge in [-0.05, 0) is 17.7 Å². The SMILES string of the molecule is COC(=O)c1ccc(CBr)c(N(C)C(=O)OC)c1. The van der Waals surface area contributed by atoms with Crippen molar-refractivity contribution in [2.75, 3.05) is 26.2 Å². The average Bonchev–Trinajstić information content (AvgIpc) is 2.43. The quantitative estimate of drug-likeness (QED) is 0.635. The molecule has 0 N–H and O–H groups in total. The zero-order valence-electron chi connectivity index (χ0n) is 10.4. The van der Waals surface area contributed by atoms with Crippen LogP contribution in [0.3, 0.4) is 0 Å². The average molecular weight is 316 g/mol. The third-order valence-corrected chi connectivity index (χ3v) is 3.06. The number of rotatable bonds is 3. The van der Waals surface area contributed by atoms with Crippen molar-refractivity contribution in [2.45, 2.75) is 5.33 Å². The highest BCUT2D eigenvalue weighted by Gasteiger charge is 2.17. The summed E-state index contributed by atoms with van der Waals surface area (Å²) >= 11 is 3.33. The number of methoxy groups -OCH3 is 2. The Hall–Kier alpha value is -1.56. The predicted molar refractivity (Wildman–Crippen MR) is 71.2 cm³/mol. The van der Waals surface area contributed by atoms with Crippen molar-refractivity contribution in [3.63, 3.8) is 0 Å². The van der Waals surface area contributed by atoms with Crippen molar-refractivity contribution in [3.8, 4) is 0 Å². The molecule has 1 aromatic rings. The van der Waals surface area contributed by atoms with Gasteiger partial charge in [-0.15, -0.1) is 0 Å². The fourth-order valence-electron chi connectivity index (χ4n) is 1.47. The summed E-state index contributed by atoms with van der Waals surface area (Å²) < 4.78 is 9.29. The first-order valence-corrected chi connectivity index (χ1v) is 6.26. The first-order chi connectivity index (χ1) is 8.54. The number of anilines is 1. The number of hydrogen-bond acceptors (Lipinski definition) is 4. The van der Waals surface area contributed by atoms with Gasteiger partial charge in [0.15, 0.2) is 0 Å². The van der Waals surface area contributed by atoms with Gasteiger partial charge >= 0.3 is 12.1 Å². The zero-order valence-corrected chi connectivity index (χ0v) is 12.0. The molecule has 0 saturated heterocycles. The lowest BCUT2D eigenvalue weighted by atomic mass is 10.1. The van der Waals surface area contributed by atoms with Crippen molar-refractivity contribution in [1.82, 2.24) is 0 Å². The van der Waals surface area contributed by atoms with E-state index in [-0.39, 0.29) is 0 Å². The minimum Gasteiger partial charge on any atom is -0.465 e. The molecule has 0 saturated carbocycles. The maximum absolute atomic E-state index is 11.5. The molecule has 5 nitrogen and oxygen atoms in total. The predicted octanol–water partition coefficient (Wildman–Crippen LogP) is 2.57. The molecule has 0 fully saturated rings. The molecule has 1 aromatic carbocycles. The Balaban J connectivity index is 3.21.